The van der Waals surface area contributed by atoms with Gasteiger partial charge in [0, 0.05) is 5.69 Å². The van der Waals surface area contributed by atoms with Gasteiger partial charge in [-0.25, -0.2) is 14.5 Å². The third kappa shape index (κ3) is 4.65. The molecule has 8 nitrogen and oxygen atoms in total. The molecule has 0 aliphatic carbocycles. The summed E-state index contributed by atoms with van der Waals surface area (Å²) in [5.41, 5.74) is 1.39. The third-order valence-corrected chi connectivity index (χ3v) is 4.71. The van der Waals surface area contributed by atoms with Crippen molar-refractivity contribution in [3.8, 4) is 0 Å². The predicted molar refractivity (Wildman–Crippen MR) is 110 cm³/mol. The summed E-state index contributed by atoms with van der Waals surface area (Å²) in [7, 11) is 0. The Hall–Kier alpha value is -3.68. The van der Waals surface area contributed by atoms with Crippen LogP contribution in [0.25, 0.3) is 0 Å². The second-order valence-corrected chi connectivity index (χ2v) is 6.89. The van der Waals surface area contributed by atoms with E-state index in [4.69, 9.17) is 9.84 Å². The molecule has 1 fully saturated rings. The summed E-state index contributed by atoms with van der Waals surface area (Å²) in [6.45, 7) is 2.38. The van der Waals surface area contributed by atoms with Crippen molar-refractivity contribution in [3.05, 3.63) is 59.7 Å². The number of nitrogens with zero attached hydrogens (tertiary/aromatic N) is 1. The highest BCUT2D eigenvalue weighted by molar-refractivity contribution is 6.23. The van der Waals surface area contributed by atoms with Gasteiger partial charge in [0.25, 0.3) is 5.91 Å². The number of carboxylic acids is 1. The van der Waals surface area contributed by atoms with Gasteiger partial charge in [0.05, 0.1) is 29.8 Å². The highest BCUT2D eigenvalue weighted by Gasteiger charge is 2.39. The minimum atomic E-state index is -1.09. The lowest BCUT2D eigenvalue weighted by atomic mass is 10.1. The summed E-state index contributed by atoms with van der Waals surface area (Å²) in [6, 6.07) is 11.3. The van der Waals surface area contributed by atoms with Crippen LogP contribution in [0.3, 0.4) is 0 Å². The number of carbonyl (C=O) groups excluding carboxylic acids is 3. The molecule has 0 radical (unpaired) electrons. The second kappa shape index (κ2) is 9.21. The van der Waals surface area contributed by atoms with E-state index in [1.54, 1.807) is 24.3 Å². The van der Waals surface area contributed by atoms with Gasteiger partial charge in [-0.2, -0.15) is 0 Å². The van der Waals surface area contributed by atoms with Crippen LogP contribution >= 0.6 is 0 Å². The van der Waals surface area contributed by atoms with Gasteiger partial charge in [-0.3, -0.25) is 9.59 Å². The standard InChI is InChI=1S/C22H22N2O6/c1-2-3-12-30-22(29)15-4-8-16(9-5-15)23-18-13-19(25)24(20(18)26)17-10-6-14(7-11-17)21(27)28/h4-11,18,23H,2-3,12-13H2,1H3,(H,27,28). The Bertz CT molecular complexity index is 953. The molecule has 0 aromatic heterocycles. The Balaban J connectivity index is 1.65. The molecule has 3 rings (SSSR count). The van der Waals surface area contributed by atoms with Crippen LogP contribution in [0.15, 0.2) is 48.5 Å². The first-order valence-corrected chi connectivity index (χ1v) is 9.64. The summed E-state index contributed by atoms with van der Waals surface area (Å²) in [4.78, 5) is 49.0. The molecule has 1 atom stereocenters. The number of nitrogens with one attached hydrogen (secondary N) is 1. The molecule has 8 heteroatoms. The Morgan fingerprint density at radius 3 is 2.30 bits per heavy atom. The number of esters is 1. The summed E-state index contributed by atoms with van der Waals surface area (Å²) in [5.74, 6) is -2.29. The zero-order valence-corrected chi connectivity index (χ0v) is 16.5. The monoisotopic (exact) mass is 410 g/mol. The van der Waals surface area contributed by atoms with Crippen LogP contribution in [-0.4, -0.2) is 41.5 Å². The van der Waals surface area contributed by atoms with E-state index in [0.29, 0.717) is 23.5 Å². The van der Waals surface area contributed by atoms with Gasteiger partial charge in [0.1, 0.15) is 6.04 Å². The third-order valence-electron chi connectivity index (χ3n) is 4.71. The van der Waals surface area contributed by atoms with Crippen LogP contribution in [0.2, 0.25) is 0 Å². The molecule has 0 bridgehead atoms. The minimum Gasteiger partial charge on any atom is -0.478 e. The molecule has 2 aromatic rings. The lowest BCUT2D eigenvalue weighted by molar-refractivity contribution is -0.121. The van der Waals surface area contributed by atoms with Crippen molar-refractivity contribution in [2.24, 2.45) is 0 Å². The molecule has 2 aromatic carbocycles. The number of amides is 2. The average Bonchev–Trinajstić information content (AvgIpc) is 3.01. The first kappa shape index (κ1) is 21.0. The number of hydrogen-bond acceptors (Lipinski definition) is 6. The molecule has 2 N–H and O–H groups in total. The van der Waals surface area contributed by atoms with Crippen LogP contribution in [0.1, 0.15) is 46.9 Å². The Morgan fingerprint density at radius 1 is 1.07 bits per heavy atom. The SMILES string of the molecule is CCCCOC(=O)c1ccc(NC2CC(=O)N(c3ccc(C(=O)O)cc3)C2=O)cc1. The van der Waals surface area contributed by atoms with Gasteiger partial charge in [0.15, 0.2) is 0 Å². The van der Waals surface area contributed by atoms with E-state index in [-0.39, 0.29) is 17.9 Å². The molecular formula is C22H22N2O6. The quantitative estimate of drug-likeness (QED) is 0.391. The summed E-state index contributed by atoms with van der Waals surface area (Å²) < 4.78 is 5.16. The van der Waals surface area contributed by atoms with E-state index in [0.717, 1.165) is 17.7 Å². The van der Waals surface area contributed by atoms with Crippen LogP contribution in [0.5, 0.6) is 0 Å². The number of unbranched alkanes of at least 4 members (excludes halogenated alkanes) is 1. The van der Waals surface area contributed by atoms with Gasteiger partial charge >= 0.3 is 11.9 Å². The molecule has 30 heavy (non-hydrogen) atoms. The van der Waals surface area contributed by atoms with Crippen LogP contribution < -0.4 is 10.2 Å². The summed E-state index contributed by atoms with van der Waals surface area (Å²) >= 11 is 0. The van der Waals surface area contributed by atoms with Gasteiger partial charge in [-0.05, 0) is 55.0 Å². The molecule has 0 saturated carbocycles. The maximum atomic E-state index is 12.7. The van der Waals surface area contributed by atoms with E-state index < -0.39 is 23.9 Å². The molecule has 1 aliphatic heterocycles. The number of carboxylic acid groups (broad SMARTS) is 1. The first-order chi connectivity index (χ1) is 14.4. The largest absolute Gasteiger partial charge is 0.478 e. The lowest BCUT2D eigenvalue weighted by Crippen LogP contribution is -2.34. The van der Waals surface area contributed by atoms with Crippen molar-refractivity contribution < 1.29 is 29.0 Å². The number of imide groups is 1. The molecule has 0 spiro atoms. The van der Waals surface area contributed by atoms with Crippen LogP contribution in [-0.2, 0) is 14.3 Å². The van der Waals surface area contributed by atoms with Gasteiger partial charge in [-0.1, -0.05) is 13.3 Å². The fourth-order valence-corrected chi connectivity index (χ4v) is 3.07. The summed E-state index contributed by atoms with van der Waals surface area (Å²) in [5, 5.41) is 12.0. The lowest BCUT2D eigenvalue weighted by Gasteiger charge is -2.16. The molecule has 1 heterocycles. The van der Waals surface area contributed by atoms with Gasteiger partial charge in [-0.15, -0.1) is 0 Å². The van der Waals surface area contributed by atoms with E-state index in [1.807, 2.05) is 6.92 Å². The van der Waals surface area contributed by atoms with Crippen molar-refractivity contribution >= 4 is 35.1 Å². The van der Waals surface area contributed by atoms with Crippen LogP contribution in [0.4, 0.5) is 11.4 Å². The van der Waals surface area contributed by atoms with E-state index in [2.05, 4.69) is 5.32 Å². The number of rotatable bonds is 8. The minimum absolute atomic E-state index is 0.0275. The predicted octanol–water partition coefficient (Wildman–Crippen LogP) is 3.09. The fourth-order valence-electron chi connectivity index (χ4n) is 3.07. The van der Waals surface area contributed by atoms with Crippen LogP contribution in [0, 0.1) is 0 Å². The Kier molecular flexibility index (Phi) is 6.46. The zero-order chi connectivity index (χ0) is 21.7. The number of benzene rings is 2. The van der Waals surface area contributed by atoms with Crippen molar-refractivity contribution in [2.75, 3.05) is 16.8 Å². The molecule has 1 aliphatic rings. The number of ether oxygens (including phenoxy) is 1. The second-order valence-electron chi connectivity index (χ2n) is 6.89. The van der Waals surface area contributed by atoms with Gasteiger partial charge in [0.2, 0.25) is 5.91 Å². The molecule has 2 amide bonds. The highest BCUT2D eigenvalue weighted by Crippen LogP contribution is 2.25. The summed E-state index contributed by atoms with van der Waals surface area (Å²) in [6.07, 6.45) is 1.71. The zero-order valence-electron chi connectivity index (χ0n) is 16.5. The van der Waals surface area contributed by atoms with Crippen molar-refractivity contribution in [3.63, 3.8) is 0 Å². The maximum absolute atomic E-state index is 12.7. The number of aromatic carboxylic acids is 1. The molecule has 156 valence electrons. The Morgan fingerprint density at radius 2 is 1.70 bits per heavy atom. The van der Waals surface area contributed by atoms with Crippen molar-refractivity contribution in [1.29, 1.82) is 0 Å². The van der Waals surface area contributed by atoms with Gasteiger partial charge < -0.3 is 15.2 Å². The average molecular weight is 410 g/mol. The molecular weight excluding hydrogens is 388 g/mol. The molecule has 1 unspecified atom stereocenters. The van der Waals surface area contributed by atoms with E-state index in [1.165, 1.54) is 24.3 Å². The van der Waals surface area contributed by atoms with Crippen molar-refractivity contribution in [2.45, 2.75) is 32.2 Å². The van der Waals surface area contributed by atoms with Crippen molar-refractivity contribution in [1.82, 2.24) is 0 Å². The fraction of sp³-hybridized carbons (Fsp3) is 0.273. The number of anilines is 2. The highest BCUT2D eigenvalue weighted by atomic mass is 16.5. The normalized spacial score (nSPS) is 15.9. The van der Waals surface area contributed by atoms with E-state index in [9.17, 15) is 19.2 Å². The number of hydrogen-bond donors (Lipinski definition) is 2. The van der Waals surface area contributed by atoms with E-state index >= 15 is 0 Å². The molecule has 1 saturated heterocycles. The Labute approximate surface area is 173 Å². The first-order valence-electron chi connectivity index (χ1n) is 9.64. The number of carbonyl (C=O) groups is 4. The maximum Gasteiger partial charge on any atom is 0.338 e. The smallest absolute Gasteiger partial charge is 0.338 e. The topological polar surface area (TPSA) is 113 Å².